The summed E-state index contributed by atoms with van der Waals surface area (Å²) in [5.41, 5.74) is 5.51. The van der Waals surface area contributed by atoms with Crippen molar-refractivity contribution in [2.45, 2.75) is 36.8 Å². The summed E-state index contributed by atoms with van der Waals surface area (Å²) in [6.45, 7) is 2.50. The minimum atomic E-state index is -4.37. The summed E-state index contributed by atoms with van der Waals surface area (Å²) in [6.07, 6.45) is 0.0312. The molecule has 1 amide bonds. The lowest BCUT2D eigenvalue weighted by Gasteiger charge is -2.35. The van der Waals surface area contributed by atoms with Gasteiger partial charge in [0.1, 0.15) is 0 Å². The Kier molecular flexibility index (Phi) is 7.96. The van der Waals surface area contributed by atoms with E-state index in [2.05, 4.69) is 10.2 Å². The number of rotatable bonds is 8. The second-order valence-electron chi connectivity index (χ2n) is 9.94. The van der Waals surface area contributed by atoms with Gasteiger partial charge in [0.15, 0.2) is 0 Å². The molecule has 0 saturated heterocycles. The molecule has 2 atom stereocenters. The maximum absolute atomic E-state index is 12.7. The smallest absolute Gasteiger partial charge is 0.294 e. The fourth-order valence-corrected chi connectivity index (χ4v) is 5.97. The zero-order valence-corrected chi connectivity index (χ0v) is 23.4. The van der Waals surface area contributed by atoms with Gasteiger partial charge in [-0.25, -0.2) is 0 Å². The van der Waals surface area contributed by atoms with Gasteiger partial charge < -0.3 is 15.3 Å². The van der Waals surface area contributed by atoms with Crippen molar-refractivity contribution in [2.24, 2.45) is 0 Å². The molecule has 0 fully saturated rings. The van der Waals surface area contributed by atoms with Crippen LogP contribution in [0.1, 0.15) is 38.7 Å². The van der Waals surface area contributed by atoms with Crippen LogP contribution in [-0.2, 0) is 23.0 Å². The Bertz CT molecular complexity index is 1660. The van der Waals surface area contributed by atoms with Gasteiger partial charge >= 0.3 is 0 Å². The number of hydrogen-bond donors (Lipinski definition) is 3. The topological polar surface area (TPSA) is 107 Å². The summed E-state index contributed by atoms with van der Waals surface area (Å²) in [7, 11) is -4.37. The minimum Gasteiger partial charge on any atom is -0.390 e. The third-order valence-corrected chi connectivity index (χ3v) is 8.33. The van der Waals surface area contributed by atoms with Gasteiger partial charge in [0.2, 0.25) is 0 Å². The van der Waals surface area contributed by atoms with E-state index in [1.54, 1.807) is 30.3 Å². The predicted octanol–water partition coefficient (Wildman–Crippen LogP) is 5.85. The molecule has 0 aliphatic carbocycles. The Labute approximate surface area is 238 Å². The van der Waals surface area contributed by atoms with E-state index in [0.717, 1.165) is 28.8 Å². The van der Waals surface area contributed by atoms with Crippen molar-refractivity contribution >= 4 is 39.0 Å². The number of halogens is 1. The highest BCUT2D eigenvalue weighted by Gasteiger charge is 2.33. The molecule has 9 heteroatoms. The number of carbonyl (C=O) groups excluding carboxylic acids is 1. The molecule has 5 rings (SSSR count). The second kappa shape index (κ2) is 11.4. The summed E-state index contributed by atoms with van der Waals surface area (Å²) in [4.78, 5) is 14.7. The molecule has 40 heavy (non-hydrogen) atoms. The maximum atomic E-state index is 12.7. The Hall–Kier alpha value is -3.69. The van der Waals surface area contributed by atoms with Crippen LogP contribution in [0.25, 0.3) is 0 Å². The Morgan fingerprint density at radius 1 is 1.00 bits per heavy atom. The maximum Gasteiger partial charge on any atom is 0.294 e. The van der Waals surface area contributed by atoms with Gasteiger partial charge in [-0.15, -0.1) is 0 Å². The highest BCUT2D eigenvalue weighted by atomic mass is 35.5. The number of aliphatic hydroxyl groups is 1. The van der Waals surface area contributed by atoms with Crippen LogP contribution in [0.4, 0.5) is 11.4 Å². The molecule has 0 bridgehead atoms. The van der Waals surface area contributed by atoms with Crippen molar-refractivity contribution in [1.29, 1.82) is 0 Å². The molecule has 1 aliphatic heterocycles. The number of aliphatic hydroxyl groups excluding tert-OH is 1. The van der Waals surface area contributed by atoms with E-state index in [4.69, 9.17) is 11.6 Å². The molecular weight excluding hydrogens is 548 g/mol. The molecule has 206 valence electrons. The molecule has 1 heterocycles. The van der Waals surface area contributed by atoms with Crippen LogP contribution in [-0.4, -0.2) is 36.6 Å². The number of benzene rings is 4. The lowest BCUT2D eigenvalue weighted by atomic mass is 9.93. The number of anilines is 2. The summed E-state index contributed by atoms with van der Waals surface area (Å²) >= 11 is 6.03. The molecular formula is C31H29ClN2O5S. The van der Waals surface area contributed by atoms with Crippen molar-refractivity contribution in [1.82, 2.24) is 0 Å². The summed E-state index contributed by atoms with van der Waals surface area (Å²) < 4.78 is 33.0. The van der Waals surface area contributed by atoms with Gasteiger partial charge in [0.05, 0.1) is 17.0 Å². The molecule has 4 aromatic rings. The van der Waals surface area contributed by atoms with E-state index in [0.29, 0.717) is 28.4 Å². The Morgan fingerprint density at radius 2 is 1.77 bits per heavy atom. The summed E-state index contributed by atoms with van der Waals surface area (Å²) in [6, 6.07) is 26.2. The average molecular weight is 577 g/mol. The van der Waals surface area contributed by atoms with E-state index < -0.39 is 22.3 Å². The monoisotopic (exact) mass is 576 g/mol. The molecule has 0 saturated carbocycles. The van der Waals surface area contributed by atoms with E-state index in [9.17, 15) is 22.9 Å². The predicted molar refractivity (Wildman–Crippen MR) is 157 cm³/mol. The van der Waals surface area contributed by atoms with Gasteiger partial charge in [0.25, 0.3) is 16.0 Å². The molecule has 7 nitrogen and oxygen atoms in total. The first kappa shape index (κ1) is 27.9. The number of fused-ring (bicyclic) bond motifs is 1. The Morgan fingerprint density at radius 3 is 2.50 bits per heavy atom. The summed E-state index contributed by atoms with van der Waals surface area (Å²) in [5.74, 6) is -0.252. The number of nitrogens with zero attached hydrogens (tertiary/aromatic N) is 1. The van der Waals surface area contributed by atoms with Crippen LogP contribution in [0.2, 0.25) is 5.02 Å². The first-order chi connectivity index (χ1) is 19.1. The second-order valence-corrected chi connectivity index (χ2v) is 11.8. The largest absolute Gasteiger partial charge is 0.390 e. The lowest BCUT2D eigenvalue weighted by molar-refractivity contribution is 0.102. The molecule has 0 radical (unpaired) electrons. The van der Waals surface area contributed by atoms with Crippen molar-refractivity contribution in [3.8, 4) is 0 Å². The van der Waals surface area contributed by atoms with Crippen molar-refractivity contribution in [2.75, 3.05) is 16.8 Å². The van der Waals surface area contributed by atoms with E-state index in [1.165, 1.54) is 12.1 Å². The highest BCUT2D eigenvalue weighted by Crippen LogP contribution is 2.39. The quantitative estimate of drug-likeness (QED) is 0.227. The first-order valence-electron chi connectivity index (χ1n) is 12.9. The van der Waals surface area contributed by atoms with Crippen molar-refractivity contribution in [3.05, 3.63) is 124 Å². The van der Waals surface area contributed by atoms with Crippen molar-refractivity contribution in [3.63, 3.8) is 0 Å². The fraction of sp³-hybridized carbons (Fsp3) is 0.194. The zero-order valence-electron chi connectivity index (χ0n) is 21.8. The van der Waals surface area contributed by atoms with Crippen LogP contribution in [0.15, 0.2) is 95.9 Å². The Balaban J connectivity index is 1.43. The first-order valence-corrected chi connectivity index (χ1v) is 14.7. The molecule has 0 unspecified atom stereocenters. The normalized spacial score (nSPS) is 14.4. The number of carbonyl (C=O) groups is 1. The number of nitrogens with one attached hydrogen (secondary N) is 1. The third kappa shape index (κ3) is 6.05. The number of amides is 1. The molecule has 1 aliphatic rings. The highest BCUT2D eigenvalue weighted by molar-refractivity contribution is 7.85. The third-order valence-electron chi connectivity index (χ3n) is 7.24. The minimum absolute atomic E-state index is 0.189. The van der Waals surface area contributed by atoms with Crippen molar-refractivity contribution < 1.29 is 22.9 Å². The average Bonchev–Trinajstić information content (AvgIpc) is 3.33. The van der Waals surface area contributed by atoms with Gasteiger partial charge in [-0.1, -0.05) is 54.1 Å². The van der Waals surface area contributed by atoms with E-state index >= 15 is 0 Å². The van der Waals surface area contributed by atoms with E-state index in [-0.39, 0.29) is 17.2 Å². The number of hydrogen-bond acceptors (Lipinski definition) is 5. The number of aryl methyl sites for hydroxylation is 1. The van der Waals surface area contributed by atoms with Gasteiger partial charge in [0, 0.05) is 34.9 Å². The van der Waals surface area contributed by atoms with Crippen LogP contribution >= 0.6 is 11.6 Å². The van der Waals surface area contributed by atoms with Crippen LogP contribution in [0.3, 0.4) is 0 Å². The zero-order chi connectivity index (χ0) is 28.4. The SMILES string of the molecule is Cc1ccc(S(=O)(=O)O)cc1C[C@H](O)[C@H](c1ccccc1)N1CCc2cc(NC(=O)c3cccc(Cl)c3)ccc21. The molecule has 4 aromatic carbocycles. The standard InChI is InChI=1S/C31H29ClN2O5S/c1-20-10-12-27(40(37,38)39)18-24(20)19-29(35)30(21-6-3-2-4-7-21)34-15-14-22-17-26(11-13-28(22)34)33-31(36)23-8-5-9-25(32)16-23/h2-13,16-18,29-30,35H,14-15,19H2,1H3,(H,33,36)(H,37,38,39)/t29-,30-/m0/s1. The molecule has 0 spiro atoms. The van der Waals surface area contributed by atoms with Crippen LogP contribution in [0, 0.1) is 6.92 Å². The van der Waals surface area contributed by atoms with Crippen LogP contribution < -0.4 is 10.2 Å². The van der Waals surface area contributed by atoms with Gasteiger partial charge in [-0.05, 0) is 84.1 Å². The van der Waals surface area contributed by atoms with E-state index in [1.807, 2.05) is 55.5 Å². The molecule has 0 aromatic heterocycles. The van der Waals surface area contributed by atoms with Crippen LogP contribution in [0.5, 0.6) is 0 Å². The van der Waals surface area contributed by atoms with Gasteiger partial charge in [-0.2, -0.15) is 8.42 Å². The lowest BCUT2D eigenvalue weighted by Crippen LogP contribution is -2.37. The summed E-state index contributed by atoms with van der Waals surface area (Å²) in [5, 5.41) is 15.0. The van der Waals surface area contributed by atoms with Gasteiger partial charge in [-0.3, -0.25) is 9.35 Å². The fourth-order valence-electron chi connectivity index (χ4n) is 5.25. The molecule has 3 N–H and O–H groups in total.